The second-order valence-corrected chi connectivity index (χ2v) is 43.4. The van der Waals surface area contributed by atoms with Crippen LogP contribution in [0.4, 0.5) is 0 Å². The Morgan fingerprint density at radius 2 is 0.674 bits per heavy atom. The van der Waals surface area contributed by atoms with E-state index in [9.17, 15) is 9.59 Å². The summed E-state index contributed by atoms with van der Waals surface area (Å²) >= 11 is 0. The Kier molecular flexibility index (Phi) is 18.8. The third-order valence-electron chi connectivity index (χ3n) is 5.23. The monoisotopic (exact) mass is 1000 g/mol. The Hall–Kier alpha value is -0.185. The minimum atomic E-state index is -2.62. The molecule has 0 fully saturated rings. The number of rotatable bonds is 18. The van der Waals surface area contributed by atoms with Gasteiger partial charge in [-0.15, -0.1) is 0 Å². The summed E-state index contributed by atoms with van der Waals surface area (Å²) < 4.78 is 46.5. The second-order valence-electron chi connectivity index (χ2n) is 14.0. The first kappa shape index (κ1) is 47.2. The van der Waals surface area contributed by atoms with Gasteiger partial charge in [-0.3, -0.25) is 0 Å². The maximum absolute atomic E-state index is 9.96. The molecule has 0 aliphatic rings. The van der Waals surface area contributed by atoms with Gasteiger partial charge in [0.25, 0.3) is 0 Å². The zero-order chi connectivity index (χ0) is 34.2. The molecule has 0 aromatic heterocycles. The summed E-state index contributed by atoms with van der Waals surface area (Å²) in [6.45, 7) is 39.9. The fourth-order valence-electron chi connectivity index (χ4n) is 4.44. The zero-order valence-electron chi connectivity index (χ0n) is 30.1. The topological polar surface area (TPSA) is 114 Å². The molecule has 0 saturated carbocycles. The zero-order valence-corrected chi connectivity index (χ0v) is 44.5. The first-order chi connectivity index (χ1) is 18.2. The predicted molar refractivity (Wildman–Crippen MR) is 192 cm³/mol. The summed E-state index contributed by atoms with van der Waals surface area (Å²) in [7, 11) is -12.4. The summed E-state index contributed by atoms with van der Waals surface area (Å²) in [6, 6.07) is 0. The molecule has 0 heterocycles. The van der Waals surface area contributed by atoms with Gasteiger partial charge in [-0.2, -0.15) is 0 Å². The Labute approximate surface area is 266 Å². The quantitative estimate of drug-likeness (QED) is 0.117. The van der Waals surface area contributed by atoms with Gasteiger partial charge in [-0.05, 0) is 115 Å². The molecule has 0 rings (SSSR count). The molecule has 0 amide bonds. The van der Waals surface area contributed by atoms with Gasteiger partial charge >= 0.3 is 51.4 Å². The van der Waals surface area contributed by atoms with Crippen LogP contribution in [0.3, 0.4) is 0 Å². The van der Waals surface area contributed by atoms with Gasteiger partial charge in [-0.25, -0.2) is 14.2 Å². The van der Waals surface area contributed by atoms with Gasteiger partial charge in [0, 0.05) is 13.2 Å². The van der Waals surface area contributed by atoms with Crippen LogP contribution >= 0.6 is 0 Å². The van der Waals surface area contributed by atoms with Crippen LogP contribution in [-0.4, -0.2) is 90.8 Å². The second kappa shape index (κ2) is 17.1. The molecule has 0 unspecified atom stereocenters. The van der Waals surface area contributed by atoms with Crippen molar-refractivity contribution < 1.29 is 43.8 Å². The van der Waals surface area contributed by atoms with Crippen molar-refractivity contribution in [2.45, 2.75) is 105 Å². The molecule has 43 heavy (non-hydrogen) atoms. The van der Waals surface area contributed by atoms with Crippen LogP contribution in [-0.2, 0) is 34.2 Å². The molecule has 10 nitrogen and oxygen atoms in total. The van der Waals surface area contributed by atoms with Crippen LogP contribution in [0.15, 0.2) is 23.6 Å². The van der Waals surface area contributed by atoms with E-state index < -0.39 is 68.0 Å². The molecule has 2 N–H and O–H groups in total. The van der Waals surface area contributed by atoms with Crippen molar-refractivity contribution >= 4 is 68.0 Å². The SMILES string of the molecule is C=C(CO[CH2-])[Si](C)(C)O[Si](C)(C)O[Si](C)(C)O[Si](C)(C)O.C=C(CO[CH2-])[Si](C)(C)O[Si](C)(C)O[Si](C)(C)O[Si](C)(C)O.[Rf]. The van der Waals surface area contributed by atoms with E-state index in [1.165, 1.54) is 0 Å². The molecule has 0 aromatic carbocycles. The maximum Gasteiger partial charge on any atom is 0.320 e. The van der Waals surface area contributed by atoms with Crippen LogP contribution < -0.4 is 0 Å². The predicted octanol–water partition coefficient (Wildman–Crippen LogP) is 6.49. The molecule has 0 aliphatic heterocycles. The van der Waals surface area contributed by atoms with E-state index in [-0.39, 0.29) is 0 Å². The van der Waals surface area contributed by atoms with E-state index in [0.29, 0.717) is 13.2 Å². The normalized spacial score (nSPS) is 14.0. The van der Waals surface area contributed by atoms with Gasteiger partial charge in [-0.1, -0.05) is 13.2 Å². The van der Waals surface area contributed by atoms with Crippen molar-refractivity contribution in [3.8, 4) is 0 Å². The third-order valence-corrected chi connectivity index (χ3v) is 32.7. The van der Waals surface area contributed by atoms with E-state index in [1.807, 2.05) is 52.4 Å². The Morgan fingerprint density at radius 3 is 0.860 bits per heavy atom. The minimum absolute atomic E-state index is 0. The van der Waals surface area contributed by atoms with Gasteiger partial charge in [0.15, 0.2) is 0 Å². The standard InChI is InChI=1S/2C12H31O5Si4.Rf/c2*1-12(11-14-2)18(3,4)15-20(7,8)17-21(9,10)16-19(5,6)13;/h2*13H,1-2,11H2,3-10H3;/q2*-1;. The van der Waals surface area contributed by atoms with Gasteiger partial charge in [0.1, 0.15) is 0 Å². The van der Waals surface area contributed by atoms with Gasteiger partial charge in [0.05, 0.1) is 0 Å². The maximum atomic E-state index is 9.96. The first-order valence-corrected chi connectivity index (χ1v) is 36.8. The van der Waals surface area contributed by atoms with Crippen molar-refractivity contribution in [1.82, 2.24) is 0 Å². The van der Waals surface area contributed by atoms with Crippen molar-refractivity contribution in [3.05, 3.63) is 37.8 Å². The third kappa shape index (κ3) is 22.9. The molecule has 0 radical (unpaired) electrons. The number of hydrogen-bond donors (Lipinski definition) is 2. The number of hydrogen-bond acceptors (Lipinski definition) is 10. The molecular formula is C24H62O10RfSi8-2. The first-order valence-electron chi connectivity index (χ1n) is 14.0. The van der Waals surface area contributed by atoms with Gasteiger partial charge in [0.2, 0.25) is 16.6 Å². The van der Waals surface area contributed by atoms with Crippen molar-refractivity contribution in [2.75, 3.05) is 13.2 Å². The molecular weight excluding hydrogens is 940 g/mol. The van der Waals surface area contributed by atoms with E-state index in [1.54, 1.807) is 26.2 Å². The molecule has 0 saturated heterocycles. The van der Waals surface area contributed by atoms with Crippen molar-refractivity contribution in [2.24, 2.45) is 0 Å². The van der Waals surface area contributed by atoms with E-state index >= 15 is 0 Å². The molecule has 0 spiro atoms. The molecule has 0 aromatic rings. The van der Waals surface area contributed by atoms with Gasteiger partial charge < -0.3 is 43.8 Å². The molecule has 254 valence electrons. The smallest absolute Gasteiger partial charge is 0.320 e. The van der Waals surface area contributed by atoms with E-state index in [0.717, 1.165) is 10.4 Å². The summed E-state index contributed by atoms with van der Waals surface area (Å²) in [5, 5.41) is 1.89. The summed E-state index contributed by atoms with van der Waals surface area (Å²) in [6.07, 6.45) is 0. The Balaban J connectivity index is -0.000000727. The van der Waals surface area contributed by atoms with E-state index in [2.05, 4.69) is 53.6 Å². The van der Waals surface area contributed by atoms with Crippen molar-refractivity contribution in [3.63, 3.8) is 0 Å². The minimum Gasteiger partial charge on any atom is -0.552 e. The fraction of sp³-hybridized carbons (Fsp3) is 0.750. The molecule has 0 atom stereocenters. The van der Waals surface area contributed by atoms with Crippen LogP contribution in [0.5, 0.6) is 0 Å². The summed E-state index contributed by atoms with van der Waals surface area (Å²) in [4.78, 5) is 19.9. The molecule has 19 heteroatoms. The molecule has 0 aliphatic carbocycles. The Morgan fingerprint density at radius 1 is 0.465 bits per heavy atom. The largest absolute Gasteiger partial charge is 0.552 e. The Bertz CT molecular complexity index is 803. The summed E-state index contributed by atoms with van der Waals surface area (Å²) in [5.41, 5.74) is 0. The van der Waals surface area contributed by atoms with E-state index in [4.69, 9.17) is 34.2 Å². The number of ether oxygens (including phenoxy) is 2. The van der Waals surface area contributed by atoms with Crippen LogP contribution in [0.1, 0.15) is 0 Å². The summed E-state index contributed by atoms with van der Waals surface area (Å²) in [5.74, 6) is 0. The van der Waals surface area contributed by atoms with Crippen molar-refractivity contribution in [1.29, 1.82) is 0 Å². The molecule has 0 bridgehead atoms. The van der Waals surface area contributed by atoms with Crippen LogP contribution in [0, 0.1) is 14.2 Å². The fourth-order valence-corrected chi connectivity index (χ4v) is 37.6. The van der Waals surface area contributed by atoms with Crippen LogP contribution in [0.25, 0.3) is 0 Å². The van der Waals surface area contributed by atoms with Crippen LogP contribution in [0.2, 0.25) is 105 Å². The average molecular weight is 1000 g/mol. The average Bonchev–Trinajstić information content (AvgIpc) is 2.60.